The first-order chi connectivity index (χ1) is 9.58. The highest BCUT2D eigenvalue weighted by Crippen LogP contribution is 2.27. The number of nitrogens with two attached hydrogens (primary N) is 1. The molecule has 0 saturated heterocycles. The van der Waals surface area contributed by atoms with Gasteiger partial charge in [-0.1, -0.05) is 31.5 Å². The molecule has 0 spiro atoms. The number of aromatic nitrogens is 1. The standard InChI is InChI=1S/C14H18BrN3OS/c15-11-6-10(7-17-8-11)14(19)18-12(13(16)20)9-4-2-1-3-5-9/h6-9,12H,1-5H2,(H2,16,20)(H,18,19). The summed E-state index contributed by atoms with van der Waals surface area (Å²) in [4.78, 5) is 16.6. The topological polar surface area (TPSA) is 68.0 Å². The van der Waals surface area contributed by atoms with Crippen LogP contribution in [0.25, 0.3) is 0 Å². The average molecular weight is 356 g/mol. The van der Waals surface area contributed by atoms with Crippen molar-refractivity contribution in [3.63, 3.8) is 0 Å². The number of pyridine rings is 1. The number of carbonyl (C=O) groups excluding carboxylic acids is 1. The molecule has 1 aromatic heterocycles. The summed E-state index contributed by atoms with van der Waals surface area (Å²) in [6.45, 7) is 0. The Balaban J connectivity index is 2.07. The Morgan fingerprint density at radius 2 is 2.10 bits per heavy atom. The summed E-state index contributed by atoms with van der Waals surface area (Å²) in [7, 11) is 0. The summed E-state index contributed by atoms with van der Waals surface area (Å²) in [5.41, 5.74) is 6.33. The van der Waals surface area contributed by atoms with Gasteiger partial charge < -0.3 is 11.1 Å². The van der Waals surface area contributed by atoms with E-state index in [1.54, 1.807) is 12.3 Å². The molecule has 20 heavy (non-hydrogen) atoms. The molecular formula is C14H18BrN3OS. The number of halogens is 1. The van der Waals surface area contributed by atoms with Crippen LogP contribution >= 0.6 is 28.1 Å². The van der Waals surface area contributed by atoms with E-state index in [0.29, 0.717) is 16.5 Å². The van der Waals surface area contributed by atoms with Gasteiger partial charge in [0.1, 0.15) is 0 Å². The van der Waals surface area contributed by atoms with Crippen LogP contribution in [0.4, 0.5) is 0 Å². The van der Waals surface area contributed by atoms with E-state index in [1.807, 2.05) is 0 Å². The van der Waals surface area contributed by atoms with Crippen LogP contribution in [-0.2, 0) is 0 Å². The van der Waals surface area contributed by atoms with Crippen molar-refractivity contribution in [1.82, 2.24) is 10.3 Å². The second kappa shape index (κ2) is 7.13. The minimum atomic E-state index is -0.225. The minimum Gasteiger partial charge on any atom is -0.392 e. The van der Waals surface area contributed by atoms with E-state index in [0.717, 1.165) is 17.3 Å². The zero-order valence-corrected chi connectivity index (χ0v) is 13.5. The van der Waals surface area contributed by atoms with Gasteiger partial charge in [0.25, 0.3) is 5.91 Å². The van der Waals surface area contributed by atoms with Crippen LogP contribution in [0.2, 0.25) is 0 Å². The van der Waals surface area contributed by atoms with Gasteiger partial charge in [0.15, 0.2) is 0 Å². The fourth-order valence-electron chi connectivity index (χ4n) is 2.65. The molecule has 1 fully saturated rings. The van der Waals surface area contributed by atoms with E-state index in [4.69, 9.17) is 18.0 Å². The highest BCUT2D eigenvalue weighted by atomic mass is 79.9. The molecule has 1 aliphatic carbocycles. The molecule has 108 valence electrons. The number of rotatable bonds is 4. The van der Waals surface area contributed by atoms with Crippen molar-refractivity contribution >= 4 is 39.0 Å². The van der Waals surface area contributed by atoms with Crippen molar-refractivity contribution in [1.29, 1.82) is 0 Å². The summed E-state index contributed by atoms with van der Waals surface area (Å²) in [6, 6.07) is 1.51. The predicted octanol–water partition coefficient (Wildman–Crippen LogP) is 2.81. The molecule has 2 rings (SSSR count). The summed E-state index contributed by atoms with van der Waals surface area (Å²) in [6.07, 6.45) is 8.93. The van der Waals surface area contributed by atoms with E-state index in [-0.39, 0.29) is 11.9 Å². The number of amides is 1. The molecule has 6 heteroatoms. The maximum Gasteiger partial charge on any atom is 0.253 e. The monoisotopic (exact) mass is 355 g/mol. The van der Waals surface area contributed by atoms with E-state index in [1.165, 1.54) is 25.5 Å². The van der Waals surface area contributed by atoms with E-state index < -0.39 is 0 Å². The van der Waals surface area contributed by atoms with Gasteiger partial charge in [-0.15, -0.1) is 0 Å². The Morgan fingerprint density at radius 1 is 1.40 bits per heavy atom. The van der Waals surface area contributed by atoms with Crippen LogP contribution in [0.5, 0.6) is 0 Å². The third-order valence-electron chi connectivity index (χ3n) is 3.68. The molecular weight excluding hydrogens is 338 g/mol. The van der Waals surface area contributed by atoms with Crippen molar-refractivity contribution < 1.29 is 4.79 Å². The normalized spacial score (nSPS) is 17.4. The van der Waals surface area contributed by atoms with Crippen molar-refractivity contribution in [2.75, 3.05) is 0 Å². The lowest BCUT2D eigenvalue weighted by atomic mass is 9.83. The van der Waals surface area contributed by atoms with Crippen LogP contribution in [0.15, 0.2) is 22.9 Å². The first-order valence-corrected chi connectivity index (χ1v) is 7.99. The van der Waals surface area contributed by atoms with Crippen LogP contribution in [0.1, 0.15) is 42.5 Å². The molecule has 0 aromatic carbocycles. The maximum absolute atomic E-state index is 12.3. The molecule has 1 aromatic rings. The Bertz CT molecular complexity index is 503. The number of hydrogen-bond acceptors (Lipinski definition) is 3. The molecule has 1 atom stereocenters. The van der Waals surface area contributed by atoms with Gasteiger partial charge >= 0.3 is 0 Å². The van der Waals surface area contributed by atoms with Crippen molar-refractivity contribution in [2.24, 2.45) is 11.7 Å². The Kier molecular flexibility index (Phi) is 5.48. The molecule has 0 radical (unpaired) electrons. The second-order valence-electron chi connectivity index (χ2n) is 5.14. The van der Waals surface area contributed by atoms with Gasteiger partial charge in [-0.3, -0.25) is 9.78 Å². The third-order valence-corrected chi connectivity index (χ3v) is 4.37. The average Bonchev–Trinajstić information content (AvgIpc) is 2.45. The molecule has 3 N–H and O–H groups in total. The molecule has 1 aliphatic rings. The summed E-state index contributed by atoms with van der Waals surface area (Å²) < 4.78 is 0.773. The van der Waals surface area contributed by atoms with Gasteiger partial charge in [-0.05, 0) is 40.8 Å². The van der Waals surface area contributed by atoms with E-state index >= 15 is 0 Å². The van der Waals surface area contributed by atoms with E-state index in [2.05, 4.69) is 26.2 Å². The van der Waals surface area contributed by atoms with Crippen LogP contribution in [0.3, 0.4) is 0 Å². The summed E-state index contributed by atoms with van der Waals surface area (Å²) >= 11 is 8.44. The Morgan fingerprint density at radius 3 is 2.70 bits per heavy atom. The highest BCUT2D eigenvalue weighted by molar-refractivity contribution is 9.10. The molecule has 0 bridgehead atoms. The summed E-state index contributed by atoms with van der Waals surface area (Å²) in [5.74, 6) is 0.174. The lowest BCUT2D eigenvalue weighted by molar-refractivity contribution is 0.0931. The number of hydrogen-bond donors (Lipinski definition) is 2. The van der Waals surface area contributed by atoms with Crippen LogP contribution in [0, 0.1) is 5.92 Å². The fourth-order valence-corrected chi connectivity index (χ4v) is 3.27. The van der Waals surface area contributed by atoms with Gasteiger partial charge in [0, 0.05) is 16.9 Å². The van der Waals surface area contributed by atoms with Gasteiger partial charge in [-0.2, -0.15) is 0 Å². The van der Waals surface area contributed by atoms with Crippen molar-refractivity contribution in [2.45, 2.75) is 38.1 Å². The summed E-state index contributed by atoms with van der Waals surface area (Å²) in [5, 5.41) is 2.96. The first kappa shape index (κ1) is 15.4. The molecule has 1 heterocycles. The number of thiocarbonyl (C=S) groups is 1. The highest BCUT2D eigenvalue weighted by Gasteiger charge is 2.27. The fraction of sp³-hybridized carbons (Fsp3) is 0.500. The van der Waals surface area contributed by atoms with Crippen LogP contribution in [-0.4, -0.2) is 21.9 Å². The van der Waals surface area contributed by atoms with Crippen LogP contribution < -0.4 is 11.1 Å². The van der Waals surface area contributed by atoms with Gasteiger partial charge in [-0.25, -0.2) is 0 Å². The van der Waals surface area contributed by atoms with Gasteiger partial charge in [0.2, 0.25) is 0 Å². The van der Waals surface area contributed by atoms with Gasteiger partial charge in [0.05, 0.1) is 16.6 Å². The second-order valence-corrected chi connectivity index (χ2v) is 6.53. The first-order valence-electron chi connectivity index (χ1n) is 6.78. The quantitative estimate of drug-likeness (QED) is 0.814. The number of carbonyl (C=O) groups is 1. The molecule has 1 amide bonds. The molecule has 4 nitrogen and oxygen atoms in total. The minimum absolute atomic E-state index is 0.179. The zero-order valence-electron chi connectivity index (χ0n) is 11.1. The maximum atomic E-state index is 12.3. The Hall–Kier alpha value is -1.01. The molecule has 1 unspecified atom stereocenters. The molecule has 0 aliphatic heterocycles. The SMILES string of the molecule is NC(=S)C(NC(=O)c1cncc(Br)c1)C1CCCCC1. The predicted molar refractivity (Wildman–Crippen MR) is 86.6 cm³/mol. The third kappa shape index (κ3) is 3.99. The largest absolute Gasteiger partial charge is 0.392 e. The number of nitrogens with zero attached hydrogens (tertiary/aromatic N) is 1. The van der Waals surface area contributed by atoms with Crippen molar-refractivity contribution in [3.05, 3.63) is 28.5 Å². The van der Waals surface area contributed by atoms with E-state index in [9.17, 15) is 4.79 Å². The zero-order chi connectivity index (χ0) is 14.5. The lowest BCUT2D eigenvalue weighted by Crippen LogP contribution is -2.48. The van der Waals surface area contributed by atoms with Crippen molar-refractivity contribution in [3.8, 4) is 0 Å². The Labute approximate surface area is 132 Å². The smallest absolute Gasteiger partial charge is 0.253 e. The lowest BCUT2D eigenvalue weighted by Gasteiger charge is -2.30. The molecule has 1 saturated carbocycles. The number of nitrogens with one attached hydrogen (secondary N) is 1.